The number of nitrogens with zero attached hydrogens (tertiary/aromatic N) is 1. The lowest BCUT2D eigenvalue weighted by Gasteiger charge is -2.11. The van der Waals surface area contributed by atoms with Crippen molar-refractivity contribution >= 4 is 29.0 Å². The Morgan fingerprint density at radius 3 is 2.42 bits per heavy atom. The number of halogens is 1. The van der Waals surface area contributed by atoms with E-state index in [2.05, 4.69) is 0 Å². The van der Waals surface area contributed by atoms with Crippen LogP contribution < -0.4 is 9.47 Å². The predicted octanol–water partition coefficient (Wildman–Crippen LogP) is 3.32. The van der Waals surface area contributed by atoms with Gasteiger partial charge < -0.3 is 9.47 Å². The maximum Gasteiger partial charge on any atom is 0.379 e. The molecule has 7 nitrogen and oxygen atoms in total. The smallest absolute Gasteiger partial charge is 0.379 e. The molecule has 0 aliphatic rings. The molecule has 8 heteroatoms. The minimum atomic E-state index is -1.25. The van der Waals surface area contributed by atoms with Crippen molar-refractivity contribution in [2.24, 2.45) is 0 Å². The van der Waals surface area contributed by atoms with Gasteiger partial charge in [-0.3, -0.25) is 14.9 Å². The van der Waals surface area contributed by atoms with Crippen LogP contribution in [0, 0.1) is 10.1 Å². The van der Waals surface area contributed by atoms with E-state index < -0.39 is 28.1 Å². The quantitative estimate of drug-likeness (QED) is 0.261. The maximum atomic E-state index is 11.4. The molecule has 2 aromatic carbocycles. The van der Waals surface area contributed by atoms with Gasteiger partial charge in [-0.05, 0) is 17.7 Å². The van der Waals surface area contributed by atoms with Crippen LogP contribution in [-0.4, -0.2) is 16.7 Å². The number of carbonyl (C=O) groups excluding carboxylic acids is 2. The maximum absolute atomic E-state index is 11.4. The molecule has 0 aliphatic carbocycles. The Hall–Kier alpha value is -2.93. The Labute approximate surface area is 141 Å². The van der Waals surface area contributed by atoms with E-state index in [9.17, 15) is 19.7 Å². The second kappa shape index (κ2) is 7.56. The molecule has 0 heterocycles. The third-order valence-electron chi connectivity index (χ3n) is 2.95. The van der Waals surface area contributed by atoms with Gasteiger partial charge in [-0.25, -0.2) is 4.79 Å². The van der Waals surface area contributed by atoms with E-state index in [0.29, 0.717) is 0 Å². The van der Waals surface area contributed by atoms with Gasteiger partial charge in [0, 0.05) is 6.92 Å². The SMILES string of the molecule is CC(=O)C(=O)Oc1c(Cl)ccc(OCc2ccccc2)c1[N+](=O)[O-]. The fraction of sp³-hybridized carbons (Fsp3) is 0.125. The van der Waals surface area contributed by atoms with Crippen LogP contribution in [-0.2, 0) is 16.2 Å². The van der Waals surface area contributed by atoms with Crippen LogP contribution >= 0.6 is 11.6 Å². The van der Waals surface area contributed by atoms with Crippen molar-refractivity contribution in [2.45, 2.75) is 13.5 Å². The normalized spacial score (nSPS) is 10.1. The summed E-state index contributed by atoms with van der Waals surface area (Å²) in [5.74, 6) is -2.80. The first kappa shape index (κ1) is 17.4. The molecule has 0 atom stereocenters. The van der Waals surface area contributed by atoms with E-state index in [1.165, 1.54) is 12.1 Å². The number of benzene rings is 2. The van der Waals surface area contributed by atoms with Gasteiger partial charge in [-0.1, -0.05) is 41.9 Å². The fourth-order valence-corrected chi connectivity index (χ4v) is 2.01. The summed E-state index contributed by atoms with van der Waals surface area (Å²) in [5.41, 5.74) is 0.178. The second-order valence-electron chi connectivity index (χ2n) is 4.70. The van der Waals surface area contributed by atoms with Gasteiger partial charge in [-0.15, -0.1) is 0 Å². The molecule has 0 saturated carbocycles. The summed E-state index contributed by atoms with van der Waals surface area (Å²) < 4.78 is 10.2. The van der Waals surface area contributed by atoms with Crippen LogP contribution in [0.4, 0.5) is 5.69 Å². The molecule has 0 spiro atoms. The summed E-state index contributed by atoms with van der Waals surface area (Å²) in [6.45, 7) is 1.06. The number of esters is 1. The molecule has 0 radical (unpaired) electrons. The van der Waals surface area contributed by atoms with E-state index in [1.807, 2.05) is 6.07 Å². The lowest BCUT2D eigenvalue weighted by molar-refractivity contribution is -0.386. The molecule has 0 bridgehead atoms. The van der Waals surface area contributed by atoms with Gasteiger partial charge >= 0.3 is 11.7 Å². The highest BCUT2D eigenvalue weighted by Gasteiger charge is 2.28. The standard InChI is InChI=1S/C16H12ClNO6/c1-10(19)16(20)24-15-12(17)7-8-13(14(15)18(21)22)23-9-11-5-3-2-4-6-11/h2-8H,9H2,1H3. The van der Waals surface area contributed by atoms with Crippen LogP contribution in [0.15, 0.2) is 42.5 Å². The highest BCUT2D eigenvalue weighted by molar-refractivity contribution is 6.35. The average molecular weight is 350 g/mol. The zero-order valence-electron chi connectivity index (χ0n) is 12.5. The number of hydrogen-bond donors (Lipinski definition) is 0. The minimum Gasteiger partial charge on any atom is -0.482 e. The molecule has 24 heavy (non-hydrogen) atoms. The number of hydrogen-bond acceptors (Lipinski definition) is 6. The highest BCUT2D eigenvalue weighted by Crippen LogP contribution is 2.42. The third kappa shape index (κ3) is 4.08. The third-order valence-corrected chi connectivity index (χ3v) is 3.25. The average Bonchev–Trinajstić information content (AvgIpc) is 2.55. The number of Topliss-reactive ketones (excluding diaryl/α,β-unsaturated/α-hetero) is 1. The lowest BCUT2D eigenvalue weighted by Crippen LogP contribution is -2.18. The number of ether oxygens (including phenoxy) is 2. The van der Waals surface area contributed by atoms with Crippen LogP contribution in [0.25, 0.3) is 0 Å². The number of ketones is 1. The Kier molecular flexibility index (Phi) is 5.49. The zero-order chi connectivity index (χ0) is 17.7. The van der Waals surface area contributed by atoms with Crippen molar-refractivity contribution in [3.8, 4) is 11.5 Å². The molecule has 0 unspecified atom stereocenters. The van der Waals surface area contributed by atoms with E-state index in [0.717, 1.165) is 12.5 Å². The largest absolute Gasteiger partial charge is 0.482 e. The molecule has 0 fully saturated rings. The van der Waals surface area contributed by atoms with Crippen molar-refractivity contribution in [2.75, 3.05) is 0 Å². The van der Waals surface area contributed by atoms with Crippen molar-refractivity contribution in [3.05, 3.63) is 63.2 Å². The molecule has 2 aromatic rings. The molecular formula is C16H12ClNO6. The van der Waals surface area contributed by atoms with Crippen LogP contribution in [0.1, 0.15) is 12.5 Å². The van der Waals surface area contributed by atoms with Gasteiger partial charge in [0.05, 0.1) is 9.95 Å². The zero-order valence-corrected chi connectivity index (χ0v) is 13.3. The summed E-state index contributed by atoms with van der Waals surface area (Å²) in [7, 11) is 0. The van der Waals surface area contributed by atoms with Gasteiger partial charge in [0.25, 0.3) is 0 Å². The molecule has 124 valence electrons. The summed E-state index contributed by atoms with van der Waals surface area (Å²) in [6.07, 6.45) is 0. The van der Waals surface area contributed by atoms with E-state index in [-0.39, 0.29) is 17.4 Å². The highest BCUT2D eigenvalue weighted by atomic mass is 35.5. The van der Waals surface area contributed by atoms with Gasteiger partial charge in [-0.2, -0.15) is 0 Å². The summed E-state index contributed by atoms with van der Waals surface area (Å²) in [5, 5.41) is 11.2. The molecular weight excluding hydrogens is 338 g/mol. The first-order valence-corrected chi connectivity index (χ1v) is 7.14. The van der Waals surface area contributed by atoms with E-state index in [1.54, 1.807) is 24.3 Å². The van der Waals surface area contributed by atoms with E-state index in [4.69, 9.17) is 21.1 Å². The summed E-state index contributed by atoms with van der Waals surface area (Å²) in [4.78, 5) is 33.0. The Morgan fingerprint density at radius 1 is 1.17 bits per heavy atom. The Balaban J connectivity index is 2.35. The topological polar surface area (TPSA) is 95.7 Å². The number of nitro groups is 1. The minimum absolute atomic E-state index is 0.0728. The molecule has 2 rings (SSSR count). The second-order valence-corrected chi connectivity index (χ2v) is 5.11. The number of nitro benzene ring substituents is 1. The van der Waals surface area contributed by atoms with Crippen molar-refractivity contribution in [1.29, 1.82) is 0 Å². The van der Waals surface area contributed by atoms with Crippen LogP contribution in [0.5, 0.6) is 11.5 Å². The Bertz CT molecular complexity index is 791. The van der Waals surface area contributed by atoms with Crippen LogP contribution in [0.3, 0.4) is 0 Å². The summed E-state index contributed by atoms with van der Waals surface area (Å²) >= 11 is 5.86. The van der Waals surface area contributed by atoms with Crippen LogP contribution in [0.2, 0.25) is 5.02 Å². The molecule has 0 aromatic heterocycles. The first-order chi connectivity index (χ1) is 11.4. The number of carbonyl (C=O) groups is 2. The fourth-order valence-electron chi connectivity index (χ4n) is 1.81. The van der Waals surface area contributed by atoms with Gasteiger partial charge in [0.15, 0.2) is 0 Å². The predicted molar refractivity (Wildman–Crippen MR) is 85.2 cm³/mol. The molecule has 0 aliphatic heterocycles. The number of rotatable bonds is 6. The summed E-state index contributed by atoms with van der Waals surface area (Å²) in [6, 6.07) is 11.6. The van der Waals surface area contributed by atoms with Crippen molar-refractivity contribution in [1.82, 2.24) is 0 Å². The monoisotopic (exact) mass is 349 g/mol. The Morgan fingerprint density at radius 2 is 1.83 bits per heavy atom. The van der Waals surface area contributed by atoms with Gasteiger partial charge in [0.2, 0.25) is 17.3 Å². The first-order valence-electron chi connectivity index (χ1n) is 6.76. The van der Waals surface area contributed by atoms with Gasteiger partial charge in [0.1, 0.15) is 6.61 Å². The molecule has 0 N–H and O–H groups in total. The molecule has 0 amide bonds. The van der Waals surface area contributed by atoms with Crippen molar-refractivity contribution in [3.63, 3.8) is 0 Å². The molecule has 0 saturated heterocycles. The van der Waals surface area contributed by atoms with Crippen molar-refractivity contribution < 1.29 is 24.0 Å². The lowest BCUT2D eigenvalue weighted by atomic mass is 10.2. The van der Waals surface area contributed by atoms with E-state index >= 15 is 0 Å².